The fourth-order valence-corrected chi connectivity index (χ4v) is 2.26. The van der Waals surface area contributed by atoms with Gasteiger partial charge in [-0.3, -0.25) is 4.79 Å². The van der Waals surface area contributed by atoms with Crippen molar-refractivity contribution in [1.29, 1.82) is 0 Å². The summed E-state index contributed by atoms with van der Waals surface area (Å²) < 4.78 is 0. The number of hydrogen-bond acceptors (Lipinski definition) is 3. The highest BCUT2D eigenvalue weighted by atomic mass is 16.2. The van der Waals surface area contributed by atoms with Crippen molar-refractivity contribution in [3.8, 4) is 0 Å². The largest absolute Gasteiger partial charge is 0.330 e. The van der Waals surface area contributed by atoms with E-state index in [0.29, 0.717) is 24.6 Å². The molecule has 0 aliphatic carbocycles. The van der Waals surface area contributed by atoms with Gasteiger partial charge in [0.15, 0.2) is 0 Å². The lowest BCUT2D eigenvalue weighted by Crippen LogP contribution is -2.32. The minimum atomic E-state index is -0.115. The van der Waals surface area contributed by atoms with E-state index in [4.69, 9.17) is 0 Å². The van der Waals surface area contributed by atoms with Crippen LogP contribution in [0.2, 0.25) is 0 Å². The van der Waals surface area contributed by atoms with Crippen LogP contribution in [0.4, 0.5) is 0 Å². The van der Waals surface area contributed by atoms with Gasteiger partial charge in [-0.2, -0.15) is 0 Å². The van der Waals surface area contributed by atoms with Gasteiger partial charge in [-0.15, -0.1) is 6.58 Å². The van der Waals surface area contributed by atoms with Crippen LogP contribution in [0.3, 0.4) is 0 Å². The molecule has 4 nitrogen and oxygen atoms in total. The predicted octanol–water partition coefficient (Wildman–Crippen LogP) is 3.44. The molecule has 118 valence electrons. The minimum Gasteiger partial charge on any atom is -0.330 e. The summed E-state index contributed by atoms with van der Waals surface area (Å²) in [6.07, 6.45) is 5.69. The number of aromatic nitrogens is 2. The lowest BCUT2D eigenvalue weighted by Gasteiger charge is -2.19. The van der Waals surface area contributed by atoms with Gasteiger partial charge in [0.05, 0.1) is 0 Å². The Hall–Kier alpha value is -2.75. The van der Waals surface area contributed by atoms with Crippen molar-refractivity contribution in [3.63, 3.8) is 0 Å². The van der Waals surface area contributed by atoms with E-state index in [1.54, 1.807) is 24.0 Å². The molecule has 1 amide bonds. The van der Waals surface area contributed by atoms with Gasteiger partial charge >= 0.3 is 0 Å². The molecule has 23 heavy (non-hydrogen) atoms. The maximum absolute atomic E-state index is 12.6. The number of aryl methyl sites for hydroxylation is 2. The van der Waals surface area contributed by atoms with Crippen molar-refractivity contribution >= 4 is 12.0 Å². The third-order valence-corrected chi connectivity index (χ3v) is 3.26. The summed E-state index contributed by atoms with van der Waals surface area (Å²) in [5, 5.41) is 0. The summed E-state index contributed by atoms with van der Waals surface area (Å²) in [6.45, 7) is 8.35. The number of hydrogen-bond donors (Lipinski definition) is 0. The summed E-state index contributed by atoms with van der Waals surface area (Å²) in [5.41, 5.74) is 2.32. The normalized spacial score (nSPS) is 10.7. The van der Waals surface area contributed by atoms with Crippen LogP contribution >= 0.6 is 0 Å². The van der Waals surface area contributed by atoms with Gasteiger partial charge in [-0.1, -0.05) is 48.6 Å². The molecule has 0 spiro atoms. The predicted molar refractivity (Wildman–Crippen MR) is 93.1 cm³/mol. The SMILES string of the molecule is C=CCN(C/C=C/c1ccccc1)C(=O)c1cc(C)nc(C)n1. The molecule has 1 aromatic heterocycles. The molecule has 0 unspecified atom stereocenters. The summed E-state index contributed by atoms with van der Waals surface area (Å²) in [5.74, 6) is 0.489. The maximum atomic E-state index is 12.6. The first kappa shape index (κ1) is 16.6. The van der Waals surface area contributed by atoms with Crippen LogP contribution in [0.15, 0.2) is 55.1 Å². The Labute approximate surface area is 137 Å². The number of nitrogens with zero attached hydrogens (tertiary/aromatic N) is 3. The summed E-state index contributed by atoms with van der Waals surface area (Å²) in [4.78, 5) is 22.8. The standard InChI is InChI=1S/C19H21N3O/c1-4-12-22(13-8-11-17-9-6-5-7-10-17)19(23)18-14-15(2)20-16(3)21-18/h4-11,14H,1,12-13H2,2-3H3/b11-8+. The van der Waals surface area contributed by atoms with Crippen LogP contribution in [0.25, 0.3) is 6.08 Å². The Morgan fingerprint density at radius 2 is 1.91 bits per heavy atom. The average Bonchev–Trinajstić information content (AvgIpc) is 2.53. The Morgan fingerprint density at radius 3 is 2.57 bits per heavy atom. The van der Waals surface area contributed by atoms with E-state index < -0.39 is 0 Å². The van der Waals surface area contributed by atoms with Crippen LogP contribution in [0.5, 0.6) is 0 Å². The van der Waals surface area contributed by atoms with Gasteiger partial charge in [0, 0.05) is 18.8 Å². The highest BCUT2D eigenvalue weighted by molar-refractivity contribution is 5.92. The van der Waals surface area contributed by atoms with Crippen molar-refractivity contribution in [2.24, 2.45) is 0 Å². The molecule has 0 aliphatic heterocycles. The third-order valence-electron chi connectivity index (χ3n) is 3.26. The molecule has 0 saturated carbocycles. The highest BCUT2D eigenvalue weighted by Gasteiger charge is 2.15. The molecule has 0 radical (unpaired) electrons. The molecule has 0 atom stereocenters. The molecule has 0 aliphatic rings. The van der Waals surface area contributed by atoms with Crippen molar-refractivity contribution in [2.75, 3.05) is 13.1 Å². The molecule has 0 fully saturated rings. The smallest absolute Gasteiger partial charge is 0.273 e. The summed E-state index contributed by atoms with van der Waals surface area (Å²) >= 11 is 0. The molecule has 0 saturated heterocycles. The first-order valence-electron chi connectivity index (χ1n) is 7.54. The van der Waals surface area contributed by atoms with Crippen molar-refractivity contribution in [2.45, 2.75) is 13.8 Å². The lowest BCUT2D eigenvalue weighted by molar-refractivity contribution is 0.0784. The number of carbonyl (C=O) groups excluding carboxylic acids is 1. The first-order chi connectivity index (χ1) is 11.1. The number of benzene rings is 1. The number of rotatable bonds is 6. The molecule has 0 bridgehead atoms. The molecule has 0 N–H and O–H groups in total. The van der Waals surface area contributed by atoms with Crippen LogP contribution in [-0.4, -0.2) is 33.9 Å². The molecule has 2 rings (SSSR count). The molecule has 1 heterocycles. The topological polar surface area (TPSA) is 46.1 Å². The van der Waals surface area contributed by atoms with E-state index in [1.165, 1.54) is 0 Å². The van der Waals surface area contributed by atoms with E-state index >= 15 is 0 Å². The summed E-state index contributed by atoms with van der Waals surface area (Å²) in [7, 11) is 0. The zero-order valence-electron chi connectivity index (χ0n) is 13.6. The lowest BCUT2D eigenvalue weighted by atomic mass is 10.2. The van der Waals surface area contributed by atoms with E-state index in [2.05, 4.69) is 16.5 Å². The van der Waals surface area contributed by atoms with Crippen LogP contribution < -0.4 is 0 Å². The van der Waals surface area contributed by atoms with Gasteiger partial charge in [-0.05, 0) is 25.5 Å². The molecular formula is C19H21N3O. The van der Waals surface area contributed by atoms with Crippen LogP contribution in [0, 0.1) is 13.8 Å². The fraction of sp³-hybridized carbons (Fsp3) is 0.211. The average molecular weight is 307 g/mol. The van der Waals surface area contributed by atoms with E-state index in [9.17, 15) is 4.79 Å². The molecule has 1 aromatic carbocycles. The second kappa shape index (κ2) is 8.03. The number of carbonyl (C=O) groups is 1. The van der Waals surface area contributed by atoms with E-state index in [1.807, 2.05) is 49.4 Å². The number of amides is 1. The van der Waals surface area contributed by atoms with Gasteiger partial charge in [-0.25, -0.2) is 9.97 Å². The monoisotopic (exact) mass is 307 g/mol. The Morgan fingerprint density at radius 1 is 1.17 bits per heavy atom. The highest BCUT2D eigenvalue weighted by Crippen LogP contribution is 2.07. The fourth-order valence-electron chi connectivity index (χ4n) is 2.26. The Balaban J connectivity index is 2.12. The third kappa shape index (κ3) is 4.88. The van der Waals surface area contributed by atoms with Gasteiger partial charge in [0.1, 0.15) is 11.5 Å². The Bertz CT molecular complexity index is 688. The van der Waals surface area contributed by atoms with Crippen molar-refractivity contribution in [1.82, 2.24) is 14.9 Å². The maximum Gasteiger partial charge on any atom is 0.273 e. The van der Waals surface area contributed by atoms with Crippen LogP contribution in [0.1, 0.15) is 27.6 Å². The second-order valence-electron chi connectivity index (χ2n) is 5.25. The summed E-state index contributed by atoms with van der Waals surface area (Å²) in [6, 6.07) is 11.7. The second-order valence-corrected chi connectivity index (χ2v) is 5.25. The van der Waals surface area contributed by atoms with Crippen molar-refractivity contribution < 1.29 is 4.79 Å². The van der Waals surface area contributed by atoms with Gasteiger partial charge in [0.25, 0.3) is 5.91 Å². The zero-order chi connectivity index (χ0) is 16.7. The molecular weight excluding hydrogens is 286 g/mol. The molecule has 2 aromatic rings. The van der Waals surface area contributed by atoms with Gasteiger partial charge < -0.3 is 4.90 Å². The van der Waals surface area contributed by atoms with E-state index in [0.717, 1.165) is 11.3 Å². The van der Waals surface area contributed by atoms with E-state index in [-0.39, 0.29) is 5.91 Å². The van der Waals surface area contributed by atoms with Crippen molar-refractivity contribution in [3.05, 3.63) is 77.9 Å². The minimum absolute atomic E-state index is 0.115. The van der Waals surface area contributed by atoms with Gasteiger partial charge in [0.2, 0.25) is 0 Å². The molecule has 4 heteroatoms. The Kier molecular flexibility index (Phi) is 5.80. The zero-order valence-corrected chi connectivity index (χ0v) is 13.6. The quantitative estimate of drug-likeness (QED) is 0.768. The van der Waals surface area contributed by atoms with Crippen LogP contribution in [-0.2, 0) is 0 Å². The first-order valence-corrected chi connectivity index (χ1v) is 7.54.